The van der Waals surface area contributed by atoms with Crippen molar-refractivity contribution in [2.24, 2.45) is 0 Å². The molecule has 1 fully saturated rings. The van der Waals surface area contributed by atoms with E-state index in [0.29, 0.717) is 6.04 Å². The van der Waals surface area contributed by atoms with Crippen LogP contribution in [-0.2, 0) is 0 Å². The van der Waals surface area contributed by atoms with Crippen LogP contribution in [0.15, 0.2) is 0 Å². The molecule has 1 heteroatoms. The highest BCUT2D eigenvalue weighted by atomic mass is 15.1. The molecule has 1 saturated heterocycles. The third-order valence-corrected chi connectivity index (χ3v) is 1.92. The van der Waals surface area contributed by atoms with E-state index in [4.69, 9.17) is 0 Å². The highest BCUT2D eigenvalue weighted by Gasteiger charge is 2.12. The molecule has 0 bridgehead atoms. The van der Waals surface area contributed by atoms with Gasteiger partial charge in [0.25, 0.3) is 0 Å². The van der Waals surface area contributed by atoms with Gasteiger partial charge in [-0.15, -0.1) is 0 Å². The van der Waals surface area contributed by atoms with Gasteiger partial charge >= 0.3 is 0 Å². The Morgan fingerprint density at radius 2 is 2.38 bits per heavy atom. The molecular formula is C7H14N. The molecule has 0 aromatic heterocycles. The highest BCUT2D eigenvalue weighted by Crippen LogP contribution is 2.11. The Morgan fingerprint density at radius 3 is 2.75 bits per heavy atom. The maximum absolute atomic E-state index is 2.38. The Balaban J connectivity index is 2.28. The molecule has 1 unspecified atom stereocenters. The van der Waals surface area contributed by atoms with Gasteiger partial charge < -0.3 is 4.90 Å². The molecule has 0 N–H and O–H groups in total. The average Bonchev–Trinajstić information content (AvgIpc) is 1.77. The molecule has 1 aliphatic rings. The minimum atomic E-state index is 0.712. The maximum atomic E-state index is 2.38. The number of nitrogens with zero attached hydrogens (tertiary/aromatic N) is 1. The van der Waals surface area contributed by atoms with Crippen molar-refractivity contribution in [1.29, 1.82) is 0 Å². The second kappa shape index (κ2) is 2.49. The van der Waals surface area contributed by atoms with E-state index >= 15 is 0 Å². The number of hydrogen-bond donors (Lipinski definition) is 0. The van der Waals surface area contributed by atoms with E-state index in [2.05, 4.69) is 25.3 Å². The fourth-order valence-electron chi connectivity index (χ4n) is 1.08. The molecule has 1 nitrogen and oxygen atoms in total. The fourth-order valence-corrected chi connectivity index (χ4v) is 1.08. The van der Waals surface area contributed by atoms with Crippen molar-refractivity contribution in [3.05, 3.63) is 6.42 Å². The molecule has 0 spiro atoms. The Hall–Kier alpha value is -0.0400. The summed E-state index contributed by atoms with van der Waals surface area (Å²) in [5.41, 5.74) is 0. The van der Waals surface area contributed by atoms with Crippen molar-refractivity contribution in [2.75, 3.05) is 13.6 Å². The van der Waals surface area contributed by atoms with E-state index in [0.717, 1.165) is 0 Å². The van der Waals surface area contributed by atoms with Crippen LogP contribution < -0.4 is 0 Å². The molecular weight excluding hydrogens is 98.1 g/mol. The van der Waals surface area contributed by atoms with E-state index < -0.39 is 0 Å². The topological polar surface area (TPSA) is 3.24 Å². The third-order valence-electron chi connectivity index (χ3n) is 1.92. The van der Waals surface area contributed by atoms with Gasteiger partial charge in [-0.3, -0.25) is 0 Å². The summed E-state index contributed by atoms with van der Waals surface area (Å²) in [7, 11) is 2.18. The molecule has 0 amide bonds. The average molecular weight is 112 g/mol. The molecule has 1 radical (unpaired) electrons. The molecule has 1 atom stereocenters. The van der Waals surface area contributed by atoms with Gasteiger partial charge in [-0.05, 0) is 39.8 Å². The van der Waals surface area contributed by atoms with E-state index in [-0.39, 0.29) is 0 Å². The van der Waals surface area contributed by atoms with Crippen molar-refractivity contribution in [3.8, 4) is 0 Å². The number of likely N-dealkylation sites (tertiary alicyclic amines) is 1. The second-order valence-electron chi connectivity index (χ2n) is 2.60. The second-order valence-corrected chi connectivity index (χ2v) is 2.60. The predicted molar refractivity (Wildman–Crippen MR) is 35.6 cm³/mol. The number of piperidine rings is 1. The van der Waals surface area contributed by atoms with Gasteiger partial charge in [0.1, 0.15) is 0 Å². The van der Waals surface area contributed by atoms with E-state index in [9.17, 15) is 0 Å². The van der Waals surface area contributed by atoms with Crippen LogP contribution in [0.4, 0.5) is 0 Å². The molecule has 1 rings (SSSR count). The molecule has 0 aliphatic carbocycles. The molecule has 1 aliphatic heterocycles. The van der Waals surface area contributed by atoms with Crippen molar-refractivity contribution < 1.29 is 0 Å². The minimum Gasteiger partial charge on any atom is -0.303 e. The van der Waals surface area contributed by atoms with Crippen LogP contribution in [0, 0.1) is 6.42 Å². The van der Waals surface area contributed by atoms with Crippen LogP contribution in [0.2, 0.25) is 0 Å². The summed E-state index contributed by atoms with van der Waals surface area (Å²) in [6, 6.07) is 0.712. The van der Waals surface area contributed by atoms with Crippen LogP contribution in [-0.4, -0.2) is 24.5 Å². The summed E-state index contributed by atoms with van der Waals surface area (Å²) < 4.78 is 0. The lowest BCUT2D eigenvalue weighted by atomic mass is 10.1. The summed E-state index contributed by atoms with van der Waals surface area (Å²) in [6.45, 7) is 3.52. The first-order chi connectivity index (χ1) is 3.80. The van der Waals surface area contributed by atoms with E-state index in [1.807, 2.05) is 0 Å². The van der Waals surface area contributed by atoms with Gasteiger partial charge in [-0.2, -0.15) is 0 Å². The summed E-state index contributed by atoms with van der Waals surface area (Å²) in [5.74, 6) is 0. The van der Waals surface area contributed by atoms with Crippen molar-refractivity contribution in [1.82, 2.24) is 4.90 Å². The monoisotopic (exact) mass is 112 g/mol. The van der Waals surface area contributed by atoms with E-state index in [1.54, 1.807) is 0 Å². The normalized spacial score (nSPS) is 33.0. The van der Waals surface area contributed by atoms with Gasteiger partial charge in [0.05, 0.1) is 0 Å². The SMILES string of the molecule is CC1[CH]CCCN1C. The van der Waals surface area contributed by atoms with Gasteiger partial charge in [-0.1, -0.05) is 0 Å². The lowest BCUT2D eigenvalue weighted by Crippen LogP contribution is -2.33. The Bertz CT molecular complexity index is 60.8. The van der Waals surface area contributed by atoms with Crippen LogP contribution in [0.25, 0.3) is 0 Å². The predicted octanol–water partition coefficient (Wildman–Crippen LogP) is 1.30. The summed E-state index contributed by atoms with van der Waals surface area (Å²) in [4.78, 5) is 2.38. The smallest absolute Gasteiger partial charge is 0.00953 e. The summed E-state index contributed by atoms with van der Waals surface area (Å²) in [5, 5.41) is 0. The molecule has 0 aromatic rings. The Kier molecular flexibility index (Phi) is 1.90. The van der Waals surface area contributed by atoms with Crippen molar-refractivity contribution >= 4 is 0 Å². The molecule has 8 heavy (non-hydrogen) atoms. The molecule has 0 saturated carbocycles. The molecule has 0 aromatic carbocycles. The van der Waals surface area contributed by atoms with Gasteiger partial charge in [0.2, 0.25) is 0 Å². The summed E-state index contributed by atoms with van der Waals surface area (Å²) in [6.07, 6.45) is 5.04. The third kappa shape index (κ3) is 1.22. The molecule has 47 valence electrons. The standard InChI is InChI=1S/C7H14N/c1-7-5-3-4-6-8(7)2/h5,7H,3-4,6H2,1-2H3. The molecule has 1 heterocycles. The Morgan fingerprint density at radius 1 is 1.62 bits per heavy atom. The largest absolute Gasteiger partial charge is 0.303 e. The maximum Gasteiger partial charge on any atom is 0.00953 e. The van der Waals surface area contributed by atoms with Crippen LogP contribution in [0.5, 0.6) is 0 Å². The zero-order valence-electron chi connectivity index (χ0n) is 5.72. The zero-order chi connectivity index (χ0) is 5.98. The quantitative estimate of drug-likeness (QED) is 0.456. The van der Waals surface area contributed by atoms with Gasteiger partial charge in [0.15, 0.2) is 0 Å². The van der Waals surface area contributed by atoms with E-state index in [1.165, 1.54) is 19.4 Å². The number of hydrogen-bond acceptors (Lipinski definition) is 1. The first-order valence-electron chi connectivity index (χ1n) is 3.34. The zero-order valence-corrected chi connectivity index (χ0v) is 5.72. The van der Waals surface area contributed by atoms with Crippen LogP contribution in [0.3, 0.4) is 0 Å². The van der Waals surface area contributed by atoms with Gasteiger partial charge in [-0.25, -0.2) is 0 Å². The first-order valence-corrected chi connectivity index (χ1v) is 3.34. The fraction of sp³-hybridized carbons (Fsp3) is 0.857. The van der Waals surface area contributed by atoms with Gasteiger partial charge in [0, 0.05) is 6.04 Å². The first kappa shape index (κ1) is 6.09. The lowest BCUT2D eigenvalue weighted by molar-refractivity contribution is 0.246. The van der Waals surface area contributed by atoms with Crippen LogP contribution in [0.1, 0.15) is 19.8 Å². The Labute approximate surface area is 51.7 Å². The minimum absolute atomic E-state index is 0.712. The summed E-state index contributed by atoms with van der Waals surface area (Å²) >= 11 is 0. The van der Waals surface area contributed by atoms with Crippen molar-refractivity contribution in [3.63, 3.8) is 0 Å². The highest BCUT2D eigenvalue weighted by molar-refractivity contribution is 4.84. The lowest BCUT2D eigenvalue weighted by Gasteiger charge is -2.28. The number of rotatable bonds is 0. The van der Waals surface area contributed by atoms with Crippen LogP contribution >= 0.6 is 0 Å². The van der Waals surface area contributed by atoms with Crippen molar-refractivity contribution in [2.45, 2.75) is 25.8 Å².